The number of hydrogen-bond donors (Lipinski definition) is 1. The number of aliphatic hydroxyl groups excluding tert-OH is 1. The summed E-state index contributed by atoms with van der Waals surface area (Å²) >= 11 is 0. The topological polar surface area (TPSA) is 72.8 Å². The molecule has 0 fully saturated rings. The van der Waals surface area contributed by atoms with Gasteiger partial charge in [0, 0.05) is 5.41 Å². The number of aryl methyl sites for hydroxylation is 3. The van der Waals surface area contributed by atoms with E-state index in [-0.39, 0.29) is 30.7 Å². The summed E-state index contributed by atoms with van der Waals surface area (Å²) in [5.74, 6) is -1.12. The summed E-state index contributed by atoms with van der Waals surface area (Å²) in [5, 5.41) is 9.27. The number of esters is 2. The minimum atomic E-state index is -0.619. The maximum atomic E-state index is 12.3. The Morgan fingerprint density at radius 3 is 2.10 bits per heavy atom. The van der Waals surface area contributed by atoms with Crippen molar-refractivity contribution in [2.24, 2.45) is 11.3 Å². The van der Waals surface area contributed by atoms with Crippen molar-refractivity contribution in [2.45, 2.75) is 105 Å². The van der Waals surface area contributed by atoms with Crippen molar-refractivity contribution < 1.29 is 24.2 Å². The number of rotatable bonds is 20. The van der Waals surface area contributed by atoms with Gasteiger partial charge in [0.05, 0.1) is 18.1 Å². The van der Waals surface area contributed by atoms with Crippen molar-refractivity contribution in [2.75, 3.05) is 19.8 Å². The first-order valence-corrected chi connectivity index (χ1v) is 16.0. The van der Waals surface area contributed by atoms with E-state index in [0.29, 0.717) is 6.42 Å². The molecule has 0 aliphatic carbocycles. The van der Waals surface area contributed by atoms with Crippen LogP contribution in [0.15, 0.2) is 54.6 Å². The van der Waals surface area contributed by atoms with Gasteiger partial charge in [-0.1, -0.05) is 116 Å². The number of hydrogen-bond acceptors (Lipinski definition) is 5. The van der Waals surface area contributed by atoms with Crippen LogP contribution in [0.3, 0.4) is 0 Å². The SMILES string of the molecule is C=C(CO)C(=O)OCC(CCC)(CCc1ccc(-c2ccc(CCCCCCC)c(CC)c2)cc1)COC(=O)C(C)C. The lowest BCUT2D eigenvalue weighted by Crippen LogP contribution is -2.36. The standard InChI is InChI=1S/C37H54O5/c1-7-10-11-12-13-14-32-19-20-34(24-31(32)9-3)33-17-15-30(16-18-33)21-23-37(22-8-2,26-41-35(39)28(4)5)27-42-36(40)29(6)25-38/h15-20,24,28,38H,6-14,21-23,25-27H2,1-5H3. The Kier molecular flexibility index (Phi) is 15.6. The van der Waals surface area contributed by atoms with Crippen LogP contribution < -0.4 is 0 Å². The van der Waals surface area contributed by atoms with Gasteiger partial charge in [-0.15, -0.1) is 0 Å². The van der Waals surface area contributed by atoms with E-state index in [1.807, 2.05) is 13.8 Å². The van der Waals surface area contributed by atoms with Crippen LogP contribution >= 0.6 is 0 Å². The number of aliphatic hydroxyl groups is 1. The number of unbranched alkanes of at least 4 members (excludes halogenated alkanes) is 4. The Morgan fingerprint density at radius 2 is 1.48 bits per heavy atom. The monoisotopic (exact) mass is 578 g/mol. The molecule has 0 radical (unpaired) electrons. The predicted octanol–water partition coefficient (Wildman–Crippen LogP) is 8.44. The highest BCUT2D eigenvalue weighted by Crippen LogP contribution is 2.33. The van der Waals surface area contributed by atoms with Crippen LogP contribution in [-0.2, 0) is 38.3 Å². The van der Waals surface area contributed by atoms with Gasteiger partial charge in [0.1, 0.15) is 13.2 Å². The van der Waals surface area contributed by atoms with Crippen LogP contribution in [0.25, 0.3) is 11.1 Å². The van der Waals surface area contributed by atoms with Crippen molar-refractivity contribution in [1.29, 1.82) is 0 Å². The zero-order valence-corrected chi connectivity index (χ0v) is 26.8. The third-order valence-electron chi connectivity index (χ3n) is 8.13. The molecule has 1 N–H and O–H groups in total. The third-order valence-corrected chi connectivity index (χ3v) is 8.13. The van der Waals surface area contributed by atoms with Gasteiger partial charge in [0.2, 0.25) is 0 Å². The Balaban J connectivity index is 2.14. The van der Waals surface area contributed by atoms with Crippen LogP contribution in [0.4, 0.5) is 0 Å². The third kappa shape index (κ3) is 11.4. The molecule has 2 aromatic carbocycles. The molecule has 0 saturated heterocycles. The molecule has 0 spiro atoms. The van der Waals surface area contributed by atoms with Crippen molar-refractivity contribution in [3.8, 4) is 11.1 Å². The lowest BCUT2D eigenvalue weighted by molar-refractivity contribution is -0.155. The fourth-order valence-electron chi connectivity index (χ4n) is 5.33. The van der Waals surface area contributed by atoms with Gasteiger partial charge in [-0.25, -0.2) is 4.79 Å². The van der Waals surface area contributed by atoms with Gasteiger partial charge < -0.3 is 14.6 Å². The van der Waals surface area contributed by atoms with E-state index in [9.17, 15) is 14.7 Å². The summed E-state index contributed by atoms with van der Waals surface area (Å²) in [6, 6.07) is 15.6. The van der Waals surface area contributed by atoms with Crippen molar-refractivity contribution in [3.05, 3.63) is 71.3 Å². The van der Waals surface area contributed by atoms with E-state index in [4.69, 9.17) is 9.47 Å². The number of carbonyl (C=O) groups excluding carboxylic acids is 2. The largest absolute Gasteiger partial charge is 0.465 e. The quantitative estimate of drug-likeness (QED) is 0.0970. The van der Waals surface area contributed by atoms with Crippen molar-refractivity contribution >= 4 is 11.9 Å². The summed E-state index contributed by atoms with van der Waals surface area (Å²) < 4.78 is 11.2. The average Bonchev–Trinajstić information content (AvgIpc) is 3.01. The van der Waals surface area contributed by atoms with Gasteiger partial charge in [-0.3, -0.25) is 4.79 Å². The molecular weight excluding hydrogens is 524 g/mol. The molecule has 5 nitrogen and oxygen atoms in total. The fraction of sp³-hybridized carbons (Fsp3) is 0.568. The van der Waals surface area contributed by atoms with Crippen LogP contribution in [0, 0.1) is 11.3 Å². The molecular formula is C37H54O5. The molecule has 5 heteroatoms. The average molecular weight is 579 g/mol. The molecule has 1 unspecified atom stereocenters. The first kappa shape index (κ1) is 35.3. The van der Waals surface area contributed by atoms with E-state index < -0.39 is 18.0 Å². The van der Waals surface area contributed by atoms with Gasteiger partial charge >= 0.3 is 11.9 Å². The minimum Gasteiger partial charge on any atom is -0.465 e. The highest BCUT2D eigenvalue weighted by molar-refractivity contribution is 5.87. The second kappa shape index (κ2) is 18.6. The number of ether oxygens (including phenoxy) is 2. The summed E-state index contributed by atoms with van der Waals surface area (Å²) in [7, 11) is 0. The maximum absolute atomic E-state index is 12.3. The lowest BCUT2D eigenvalue weighted by atomic mass is 9.79. The molecule has 0 amide bonds. The van der Waals surface area contributed by atoms with Gasteiger partial charge in [-0.2, -0.15) is 0 Å². The van der Waals surface area contributed by atoms with Crippen molar-refractivity contribution in [3.63, 3.8) is 0 Å². The summed E-state index contributed by atoms with van der Waals surface area (Å²) in [6.07, 6.45) is 11.7. The first-order chi connectivity index (χ1) is 20.2. The Morgan fingerprint density at radius 1 is 0.810 bits per heavy atom. The summed E-state index contributed by atoms with van der Waals surface area (Å²) in [6.45, 7) is 13.6. The zero-order valence-electron chi connectivity index (χ0n) is 26.8. The van der Waals surface area contributed by atoms with Crippen LogP contribution in [0.2, 0.25) is 0 Å². The highest BCUT2D eigenvalue weighted by atomic mass is 16.5. The Labute approximate surface area is 254 Å². The Bertz CT molecular complexity index is 1120. The van der Waals surface area contributed by atoms with Gasteiger partial charge in [-0.05, 0) is 66.3 Å². The molecule has 0 bridgehead atoms. The van der Waals surface area contributed by atoms with E-state index in [1.54, 1.807) is 0 Å². The Hall–Kier alpha value is -2.92. The van der Waals surface area contributed by atoms with Crippen molar-refractivity contribution in [1.82, 2.24) is 0 Å². The molecule has 2 rings (SSSR count). The highest BCUT2D eigenvalue weighted by Gasteiger charge is 2.33. The normalized spacial score (nSPS) is 12.6. The van der Waals surface area contributed by atoms with Crippen LogP contribution in [0.1, 0.15) is 103 Å². The second-order valence-corrected chi connectivity index (χ2v) is 12.0. The van der Waals surface area contributed by atoms with Crippen LogP contribution in [-0.4, -0.2) is 36.9 Å². The molecule has 0 aromatic heterocycles. The van der Waals surface area contributed by atoms with E-state index >= 15 is 0 Å². The van der Waals surface area contributed by atoms with Gasteiger partial charge in [0.25, 0.3) is 0 Å². The molecule has 0 aliphatic heterocycles. The smallest absolute Gasteiger partial charge is 0.335 e. The molecule has 1 atom stereocenters. The molecule has 42 heavy (non-hydrogen) atoms. The molecule has 0 aliphatic rings. The fourth-order valence-corrected chi connectivity index (χ4v) is 5.33. The van der Waals surface area contributed by atoms with Crippen LogP contribution in [0.5, 0.6) is 0 Å². The molecule has 2 aromatic rings. The first-order valence-electron chi connectivity index (χ1n) is 16.0. The number of benzene rings is 2. The summed E-state index contributed by atoms with van der Waals surface area (Å²) in [4.78, 5) is 24.6. The minimum absolute atomic E-state index is 0.0152. The van der Waals surface area contributed by atoms with E-state index in [0.717, 1.165) is 32.1 Å². The molecule has 232 valence electrons. The van der Waals surface area contributed by atoms with E-state index in [1.165, 1.54) is 59.9 Å². The molecule has 0 heterocycles. The van der Waals surface area contributed by atoms with Gasteiger partial charge in [0.15, 0.2) is 0 Å². The van der Waals surface area contributed by atoms with E-state index in [2.05, 4.69) is 69.8 Å². The predicted molar refractivity (Wildman–Crippen MR) is 172 cm³/mol. The second-order valence-electron chi connectivity index (χ2n) is 12.0. The number of carbonyl (C=O) groups is 2. The maximum Gasteiger partial charge on any atom is 0.335 e. The summed E-state index contributed by atoms with van der Waals surface area (Å²) in [5.41, 5.74) is 6.02. The molecule has 0 saturated carbocycles. The zero-order chi connectivity index (χ0) is 31.0. The lowest BCUT2D eigenvalue weighted by Gasteiger charge is -2.33.